The molecule has 3 fully saturated rings. The first kappa shape index (κ1) is 31.0. The number of hydrogen-bond donors (Lipinski definition) is 2. The van der Waals surface area contributed by atoms with Gasteiger partial charge in [0.05, 0.1) is 36.4 Å². The van der Waals surface area contributed by atoms with Crippen LogP contribution in [-0.2, 0) is 35.5 Å². The monoisotopic (exact) mass is 607 g/mol. The first-order chi connectivity index (χ1) is 20.9. The zero-order valence-electron chi connectivity index (χ0n) is 24.7. The van der Waals surface area contributed by atoms with Gasteiger partial charge in [-0.15, -0.1) is 0 Å². The summed E-state index contributed by atoms with van der Waals surface area (Å²) in [5, 5.41) is 3.07. The van der Waals surface area contributed by atoms with E-state index in [-0.39, 0.29) is 28.8 Å². The minimum Gasteiger partial charge on any atom is -0.468 e. The Morgan fingerprint density at radius 3 is 2.53 bits per heavy atom. The van der Waals surface area contributed by atoms with E-state index in [1.807, 2.05) is 29.2 Å². The molecule has 5 rings (SSSR count). The molecule has 43 heavy (non-hydrogen) atoms. The second-order valence-electron chi connectivity index (χ2n) is 11.7. The third-order valence-electron chi connectivity index (χ3n) is 8.67. The molecule has 0 aromatic heterocycles. The number of carbonyl (C=O) groups excluding carboxylic acids is 2. The second-order valence-corrected chi connectivity index (χ2v) is 13.4. The predicted octanol–water partition coefficient (Wildman–Crippen LogP) is 3.71. The van der Waals surface area contributed by atoms with Crippen LogP contribution < -0.4 is 10.0 Å². The lowest BCUT2D eigenvalue weighted by atomic mass is 9.85. The number of rotatable bonds is 11. The van der Waals surface area contributed by atoms with Gasteiger partial charge in [0.15, 0.2) is 0 Å². The molecular formula is C33H41N3O6S. The summed E-state index contributed by atoms with van der Waals surface area (Å²) in [7, 11) is -2.00. The van der Waals surface area contributed by atoms with Crippen molar-refractivity contribution in [1.29, 1.82) is 0 Å². The Labute approximate surface area is 254 Å². The van der Waals surface area contributed by atoms with Gasteiger partial charge in [-0.1, -0.05) is 24.0 Å². The van der Waals surface area contributed by atoms with E-state index >= 15 is 0 Å². The molecule has 2 aliphatic carbocycles. The fourth-order valence-corrected chi connectivity index (χ4v) is 7.39. The summed E-state index contributed by atoms with van der Waals surface area (Å²) < 4.78 is 39.9. The highest BCUT2D eigenvalue weighted by Crippen LogP contribution is 2.38. The summed E-state index contributed by atoms with van der Waals surface area (Å²) in [4.78, 5) is 25.8. The molecular weight excluding hydrogens is 566 g/mol. The number of amides is 1. The quantitative estimate of drug-likeness (QED) is 0.228. The SMILES string of the molecule is CNc1cc(S(=O)(=O)NC2CCC(C(=O)N3CCOC[C@@H]3C3CC3)CC2)ccc1C#Cc1ccc(CCCOC=O)cc1. The zero-order chi connectivity index (χ0) is 30.2. The molecule has 9 nitrogen and oxygen atoms in total. The van der Waals surface area contributed by atoms with Crippen LogP contribution in [0.15, 0.2) is 47.4 Å². The summed E-state index contributed by atoms with van der Waals surface area (Å²) >= 11 is 0. The van der Waals surface area contributed by atoms with E-state index in [0.29, 0.717) is 75.7 Å². The first-order valence-corrected chi connectivity index (χ1v) is 16.7. The maximum Gasteiger partial charge on any atom is 0.293 e. The minimum absolute atomic E-state index is 0.0481. The molecule has 1 atom stereocenters. The van der Waals surface area contributed by atoms with E-state index in [4.69, 9.17) is 9.47 Å². The van der Waals surface area contributed by atoms with Crippen LogP contribution in [-0.4, -0.2) is 71.2 Å². The van der Waals surface area contributed by atoms with Crippen LogP contribution in [0.4, 0.5) is 5.69 Å². The van der Waals surface area contributed by atoms with Crippen molar-refractivity contribution in [2.45, 2.75) is 68.3 Å². The van der Waals surface area contributed by atoms with Crippen molar-refractivity contribution < 1.29 is 27.5 Å². The lowest BCUT2D eigenvalue weighted by Gasteiger charge is -2.39. The standard InChI is InChI=1S/C33H41N3O6S/c1-34-31-21-30(17-14-26(31)9-8-25-6-4-24(5-7-25)3-2-19-42-23-37)43(39,40)35-29-15-12-28(13-16-29)33(38)36-18-20-41-22-32(36)27-10-11-27/h4-7,14,17,21,23,27-29,32,34-35H,2-3,10-13,15-16,18-20,22H2,1H3/t28?,29?,32-/m1/s1. The van der Waals surface area contributed by atoms with Gasteiger partial charge in [-0.2, -0.15) is 0 Å². The normalized spacial score (nSPS) is 22.3. The fourth-order valence-electron chi connectivity index (χ4n) is 6.06. The van der Waals surface area contributed by atoms with E-state index in [1.54, 1.807) is 25.2 Å². The van der Waals surface area contributed by atoms with Crippen molar-refractivity contribution in [2.75, 3.05) is 38.7 Å². The summed E-state index contributed by atoms with van der Waals surface area (Å²) in [5.74, 6) is 7.04. The van der Waals surface area contributed by atoms with Crippen molar-refractivity contribution >= 4 is 28.1 Å². The Hall–Kier alpha value is -3.39. The van der Waals surface area contributed by atoms with E-state index in [0.717, 1.165) is 24.0 Å². The highest BCUT2D eigenvalue weighted by molar-refractivity contribution is 7.89. The van der Waals surface area contributed by atoms with Crippen LogP contribution in [0.2, 0.25) is 0 Å². The van der Waals surface area contributed by atoms with Gasteiger partial charge in [-0.05, 0) is 93.2 Å². The van der Waals surface area contributed by atoms with Crippen molar-refractivity contribution in [3.05, 3.63) is 59.2 Å². The maximum absolute atomic E-state index is 13.3. The molecule has 10 heteroatoms. The maximum atomic E-state index is 13.3. The summed E-state index contributed by atoms with van der Waals surface area (Å²) in [6, 6.07) is 12.8. The molecule has 0 bridgehead atoms. The molecule has 2 saturated carbocycles. The fraction of sp³-hybridized carbons (Fsp3) is 0.515. The average Bonchev–Trinajstić information content (AvgIpc) is 3.88. The van der Waals surface area contributed by atoms with Gasteiger partial charge >= 0.3 is 0 Å². The number of anilines is 1. The minimum atomic E-state index is -3.74. The van der Waals surface area contributed by atoms with E-state index in [1.165, 1.54) is 12.8 Å². The van der Waals surface area contributed by atoms with E-state index in [9.17, 15) is 18.0 Å². The number of nitrogens with one attached hydrogen (secondary N) is 2. The van der Waals surface area contributed by atoms with Crippen molar-refractivity contribution in [2.24, 2.45) is 11.8 Å². The van der Waals surface area contributed by atoms with Crippen molar-refractivity contribution in [1.82, 2.24) is 9.62 Å². The number of sulfonamides is 1. The molecule has 2 aromatic carbocycles. The van der Waals surface area contributed by atoms with Gasteiger partial charge in [0.2, 0.25) is 15.9 Å². The molecule has 1 aliphatic heterocycles. The lowest BCUT2D eigenvalue weighted by Crippen LogP contribution is -2.52. The third-order valence-corrected chi connectivity index (χ3v) is 10.2. The number of ether oxygens (including phenoxy) is 2. The first-order valence-electron chi connectivity index (χ1n) is 15.3. The molecule has 0 spiro atoms. The van der Waals surface area contributed by atoms with Gasteiger partial charge in [0.25, 0.3) is 6.47 Å². The molecule has 230 valence electrons. The number of nitrogens with zero attached hydrogens (tertiary/aromatic N) is 1. The van der Waals surface area contributed by atoms with Gasteiger partial charge in [0.1, 0.15) is 0 Å². The molecule has 2 aromatic rings. The largest absolute Gasteiger partial charge is 0.468 e. The average molecular weight is 608 g/mol. The molecule has 1 saturated heterocycles. The number of morpholine rings is 1. The van der Waals surface area contributed by atoms with Crippen LogP contribution >= 0.6 is 0 Å². The smallest absolute Gasteiger partial charge is 0.293 e. The van der Waals surface area contributed by atoms with Crippen molar-refractivity contribution in [3.63, 3.8) is 0 Å². The molecule has 0 unspecified atom stereocenters. The Kier molecular flexibility index (Phi) is 10.4. The lowest BCUT2D eigenvalue weighted by molar-refractivity contribution is -0.146. The molecule has 1 heterocycles. The number of carbonyl (C=O) groups is 2. The predicted molar refractivity (Wildman–Crippen MR) is 164 cm³/mol. The second kappa shape index (κ2) is 14.4. The summed E-state index contributed by atoms with van der Waals surface area (Å²) in [6.45, 7) is 2.75. The highest BCUT2D eigenvalue weighted by Gasteiger charge is 2.41. The number of hydrogen-bond acceptors (Lipinski definition) is 7. The zero-order valence-corrected chi connectivity index (χ0v) is 25.5. The van der Waals surface area contributed by atoms with Gasteiger partial charge in [0, 0.05) is 36.7 Å². The van der Waals surface area contributed by atoms with Gasteiger partial charge < -0.3 is 19.7 Å². The van der Waals surface area contributed by atoms with Crippen LogP contribution in [0.1, 0.15) is 61.6 Å². The van der Waals surface area contributed by atoms with Crippen LogP contribution in [0.25, 0.3) is 0 Å². The highest BCUT2D eigenvalue weighted by atomic mass is 32.2. The third kappa shape index (κ3) is 8.17. The van der Waals surface area contributed by atoms with Crippen molar-refractivity contribution in [3.8, 4) is 11.8 Å². The number of aryl methyl sites for hydroxylation is 1. The van der Waals surface area contributed by atoms with Crippen LogP contribution in [0, 0.1) is 23.7 Å². The molecule has 0 radical (unpaired) electrons. The van der Waals surface area contributed by atoms with Crippen LogP contribution in [0.5, 0.6) is 0 Å². The summed E-state index contributed by atoms with van der Waals surface area (Å²) in [6.07, 6.45) is 6.57. The molecule has 1 amide bonds. The van der Waals surface area contributed by atoms with E-state index in [2.05, 4.69) is 21.9 Å². The van der Waals surface area contributed by atoms with Crippen LogP contribution in [0.3, 0.4) is 0 Å². The number of benzene rings is 2. The van der Waals surface area contributed by atoms with Gasteiger partial charge in [-0.25, -0.2) is 13.1 Å². The Bertz CT molecular complexity index is 1440. The Morgan fingerprint density at radius 1 is 1.07 bits per heavy atom. The Morgan fingerprint density at radius 2 is 1.84 bits per heavy atom. The summed E-state index contributed by atoms with van der Waals surface area (Å²) in [5.41, 5.74) is 3.31. The Balaban J connectivity index is 1.16. The molecule has 3 aliphatic rings. The topological polar surface area (TPSA) is 114 Å². The van der Waals surface area contributed by atoms with E-state index < -0.39 is 10.0 Å². The van der Waals surface area contributed by atoms with Gasteiger partial charge in [-0.3, -0.25) is 9.59 Å². The molecule has 2 N–H and O–H groups in total.